The van der Waals surface area contributed by atoms with E-state index in [4.69, 9.17) is 9.90 Å². The molecule has 0 aromatic carbocycles. The van der Waals surface area contributed by atoms with Crippen molar-refractivity contribution in [3.8, 4) is 0 Å². The fourth-order valence-electron chi connectivity index (χ4n) is 2.38. The van der Waals surface area contributed by atoms with Crippen LogP contribution in [0.3, 0.4) is 0 Å². The maximum atomic E-state index is 9.50. The largest absolute Gasteiger partial charge is 0.512 e. The molecule has 0 heterocycles. The normalized spacial score (nSPS) is 25.6. The minimum absolute atomic E-state index is 0.0895. The fraction of sp³-hybridized carbons (Fsp3) is 0.400. The van der Waals surface area contributed by atoms with Crippen molar-refractivity contribution in [3.05, 3.63) is 47.8 Å². The van der Waals surface area contributed by atoms with Gasteiger partial charge in [-0.1, -0.05) is 31.7 Å². The number of fused-ring (bicyclic) bond motifs is 1. The van der Waals surface area contributed by atoms with Crippen LogP contribution in [-0.2, 0) is 4.79 Å². The van der Waals surface area contributed by atoms with E-state index in [1.54, 1.807) is 0 Å². The summed E-state index contributed by atoms with van der Waals surface area (Å²) in [5.41, 5.74) is 2.64. The molecular weight excluding hydrogens is 228 g/mol. The van der Waals surface area contributed by atoms with E-state index in [9.17, 15) is 5.11 Å². The molecule has 0 saturated carbocycles. The SMILES string of the molecule is C=CC1=CCC=C2C=C(O)CCC12C.CC(=O)O. The second-order valence-corrected chi connectivity index (χ2v) is 4.75. The number of allylic oxidation sites excluding steroid dienone is 7. The smallest absolute Gasteiger partial charge is 0.300 e. The van der Waals surface area contributed by atoms with Crippen molar-refractivity contribution in [2.45, 2.75) is 33.1 Å². The topological polar surface area (TPSA) is 57.5 Å². The Labute approximate surface area is 108 Å². The molecule has 0 spiro atoms. The van der Waals surface area contributed by atoms with Gasteiger partial charge in [0.2, 0.25) is 0 Å². The Kier molecular flexibility index (Phi) is 4.54. The Bertz CT molecular complexity index is 437. The summed E-state index contributed by atoms with van der Waals surface area (Å²) in [7, 11) is 0. The van der Waals surface area contributed by atoms with Gasteiger partial charge in [0, 0.05) is 18.8 Å². The molecule has 0 fully saturated rings. The predicted molar refractivity (Wildman–Crippen MR) is 72.3 cm³/mol. The summed E-state index contributed by atoms with van der Waals surface area (Å²) in [5.74, 6) is -0.320. The van der Waals surface area contributed by atoms with Crippen LogP contribution in [0.5, 0.6) is 0 Å². The second-order valence-electron chi connectivity index (χ2n) is 4.75. The Balaban J connectivity index is 0.000000357. The molecule has 2 rings (SSSR count). The highest BCUT2D eigenvalue weighted by molar-refractivity contribution is 5.62. The molecule has 2 aliphatic rings. The second kappa shape index (κ2) is 5.71. The summed E-state index contributed by atoms with van der Waals surface area (Å²) in [4.78, 5) is 9.00. The van der Waals surface area contributed by atoms with Crippen LogP contribution in [0.25, 0.3) is 0 Å². The van der Waals surface area contributed by atoms with Crippen LogP contribution in [0.2, 0.25) is 0 Å². The number of hydrogen-bond acceptors (Lipinski definition) is 2. The molecule has 0 bridgehead atoms. The number of carboxylic acids is 1. The van der Waals surface area contributed by atoms with Gasteiger partial charge in [-0.15, -0.1) is 0 Å². The molecule has 18 heavy (non-hydrogen) atoms. The van der Waals surface area contributed by atoms with E-state index in [0.717, 1.165) is 26.2 Å². The number of hydrogen-bond donors (Lipinski definition) is 2. The zero-order valence-corrected chi connectivity index (χ0v) is 10.9. The van der Waals surface area contributed by atoms with Crippen molar-refractivity contribution < 1.29 is 15.0 Å². The first-order chi connectivity index (χ1) is 8.40. The summed E-state index contributed by atoms with van der Waals surface area (Å²) in [5, 5.41) is 16.9. The van der Waals surface area contributed by atoms with E-state index in [1.807, 2.05) is 12.2 Å². The monoisotopic (exact) mass is 248 g/mol. The molecule has 98 valence electrons. The zero-order chi connectivity index (χ0) is 13.8. The van der Waals surface area contributed by atoms with Crippen LogP contribution in [0.15, 0.2) is 47.8 Å². The first-order valence-electron chi connectivity index (χ1n) is 6.03. The summed E-state index contributed by atoms with van der Waals surface area (Å²) >= 11 is 0. The van der Waals surface area contributed by atoms with Crippen molar-refractivity contribution in [3.63, 3.8) is 0 Å². The Hall–Kier alpha value is -1.77. The molecule has 2 aliphatic carbocycles. The van der Waals surface area contributed by atoms with E-state index in [1.165, 1.54) is 11.1 Å². The average Bonchev–Trinajstić information content (AvgIpc) is 2.28. The number of rotatable bonds is 1. The predicted octanol–water partition coefficient (Wildman–Crippen LogP) is 3.76. The van der Waals surface area contributed by atoms with Crippen LogP contribution >= 0.6 is 0 Å². The molecule has 1 atom stereocenters. The van der Waals surface area contributed by atoms with Gasteiger partial charge in [-0.05, 0) is 30.1 Å². The van der Waals surface area contributed by atoms with Gasteiger partial charge in [0.1, 0.15) is 0 Å². The summed E-state index contributed by atoms with van der Waals surface area (Å²) in [6.45, 7) is 7.17. The Morgan fingerprint density at radius 3 is 2.67 bits per heavy atom. The van der Waals surface area contributed by atoms with E-state index in [-0.39, 0.29) is 5.41 Å². The maximum absolute atomic E-state index is 9.50. The summed E-state index contributed by atoms with van der Waals surface area (Å²) in [6, 6.07) is 0. The molecule has 0 aromatic heterocycles. The lowest BCUT2D eigenvalue weighted by Gasteiger charge is -2.37. The third-order valence-corrected chi connectivity index (χ3v) is 3.37. The van der Waals surface area contributed by atoms with Crippen LogP contribution in [0, 0.1) is 5.41 Å². The van der Waals surface area contributed by atoms with E-state index in [2.05, 4.69) is 25.7 Å². The lowest BCUT2D eigenvalue weighted by molar-refractivity contribution is -0.134. The number of carboxylic acid groups (broad SMARTS) is 1. The van der Waals surface area contributed by atoms with Crippen molar-refractivity contribution in [1.29, 1.82) is 0 Å². The van der Waals surface area contributed by atoms with E-state index >= 15 is 0 Å². The highest BCUT2D eigenvalue weighted by Crippen LogP contribution is 2.47. The van der Waals surface area contributed by atoms with Gasteiger partial charge in [0.05, 0.1) is 5.76 Å². The summed E-state index contributed by atoms with van der Waals surface area (Å²) in [6.07, 6.45) is 11.0. The standard InChI is InChI=1S/C13H16O.C2H4O2/c1-3-10-5-4-6-11-9-12(14)7-8-13(10,11)2;1-2(3)4/h3,5-6,9,14H,1,4,7-8H2,2H3;1H3,(H,3,4). The average molecular weight is 248 g/mol. The molecule has 3 nitrogen and oxygen atoms in total. The van der Waals surface area contributed by atoms with Gasteiger partial charge in [0.15, 0.2) is 0 Å². The van der Waals surface area contributed by atoms with Crippen LogP contribution in [0.4, 0.5) is 0 Å². The summed E-state index contributed by atoms with van der Waals surface area (Å²) < 4.78 is 0. The Morgan fingerprint density at radius 2 is 2.11 bits per heavy atom. The van der Waals surface area contributed by atoms with E-state index in [0.29, 0.717) is 5.76 Å². The zero-order valence-electron chi connectivity index (χ0n) is 10.9. The minimum Gasteiger partial charge on any atom is -0.512 e. The van der Waals surface area contributed by atoms with Gasteiger partial charge in [-0.2, -0.15) is 0 Å². The number of aliphatic hydroxyl groups excluding tert-OH is 1. The molecule has 1 unspecified atom stereocenters. The molecule has 2 N–H and O–H groups in total. The molecule has 3 heteroatoms. The van der Waals surface area contributed by atoms with Crippen LogP contribution in [-0.4, -0.2) is 16.2 Å². The minimum atomic E-state index is -0.833. The van der Waals surface area contributed by atoms with Crippen molar-refractivity contribution >= 4 is 5.97 Å². The van der Waals surface area contributed by atoms with Crippen molar-refractivity contribution in [1.82, 2.24) is 0 Å². The molecule has 0 aromatic rings. The first kappa shape index (κ1) is 14.3. The maximum Gasteiger partial charge on any atom is 0.300 e. The molecule has 0 saturated heterocycles. The quantitative estimate of drug-likeness (QED) is 0.742. The fourth-order valence-corrected chi connectivity index (χ4v) is 2.38. The number of aliphatic hydroxyl groups is 1. The van der Waals surface area contributed by atoms with Crippen LogP contribution < -0.4 is 0 Å². The highest BCUT2D eigenvalue weighted by Gasteiger charge is 2.34. The lowest BCUT2D eigenvalue weighted by Crippen LogP contribution is -2.25. The molecule has 0 aliphatic heterocycles. The first-order valence-corrected chi connectivity index (χ1v) is 6.03. The third-order valence-electron chi connectivity index (χ3n) is 3.37. The van der Waals surface area contributed by atoms with Gasteiger partial charge in [0.25, 0.3) is 5.97 Å². The third kappa shape index (κ3) is 3.13. The van der Waals surface area contributed by atoms with Gasteiger partial charge >= 0.3 is 0 Å². The number of carbonyl (C=O) groups is 1. The van der Waals surface area contributed by atoms with Crippen molar-refractivity contribution in [2.24, 2.45) is 5.41 Å². The molecule has 0 radical (unpaired) electrons. The van der Waals surface area contributed by atoms with E-state index < -0.39 is 5.97 Å². The van der Waals surface area contributed by atoms with Gasteiger partial charge in [-0.3, -0.25) is 4.79 Å². The van der Waals surface area contributed by atoms with Crippen LogP contribution in [0.1, 0.15) is 33.1 Å². The van der Waals surface area contributed by atoms with Gasteiger partial charge < -0.3 is 10.2 Å². The number of aliphatic carboxylic acids is 1. The Morgan fingerprint density at radius 1 is 1.50 bits per heavy atom. The van der Waals surface area contributed by atoms with Crippen molar-refractivity contribution in [2.75, 3.05) is 0 Å². The molecule has 0 amide bonds. The highest BCUT2D eigenvalue weighted by atomic mass is 16.4. The molecular formula is C15H20O3. The lowest BCUT2D eigenvalue weighted by atomic mass is 9.67. The van der Waals surface area contributed by atoms with Gasteiger partial charge in [-0.25, -0.2) is 0 Å².